The third-order valence-corrected chi connectivity index (χ3v) is 9.54. The van der Waals surface area contributed by atoms with Crippen LogP contribution in [0.25, 0.3) is 0 Å². The molecule has 4 aromatic carbocycles. The molecule has 4 unspecified atom stereocenters. The van der Waals surface area contributed by atoms with Gasteiger partial charge < -0.3 is 37.9 Å². The zero-order valence-electron chi connectivity index (χ0n) is 29.7. The van der Waals surface area contributed by atoms with Crippen LogP contribution in [0.1, 0.15) is 61.8 Å². The molecule has 0 bridgehead atoms. The van der Waals surface area contributed by atoms with E-state index in [1.165, 1.54) is 22.3 Å². The van der Waals surface area contributed by atoms with E-state index in [1.54, 1.807) is 0 Å². The van der Waals surface area contributed by atoms with Crippen molar-refractivity contribution in [3.63, 3.8) is 0 Å². The van der Waals surface area contributed by atoms with Crippen LogP contribution in [0.5, 0.6) is 23.0 Å². The fraction of sp³-hybridized carbons (Fsp3) is 0.442. The third kappa shape index (κ3) is 11.7. The average Bonchev–Trinajstić information content (AvgIpc) is 4.09. The molecule has 0 amide bonds. The molecule has 4 atom stereocenters. The number of hydrogen-bond donors (Lipinski definition) is 0. The van der Waals surface area contributed by atoms with E-state index in [2.05, 4.69) is 48.5 Å². The highest BCUT2D eigenvalue weighted by Crippen LogP contribution is 2.29. The number of ether oxygens (including phenoxy) is 8. The molecule has 7 rings (SSSR count). The maximum absolute atomic E-state index is 6.28. The Labute approximate surface area is 301 Å². The first-order valence-electron chi connectivity index (χ1n) is 18.4. The Bertz CT molecular complexity index is 1610. The first kappa shape index (κ1) is 35.3. The summed E-state index contributed by atoms with van der Waals surface area (Å²) in [6.45, 7) is 7.49. The molecule has 2 heterocycles. The lowest BCUT2D eigenvalue weighted by Crippen LogP contribution is -2.30. The number of epoxide rings is 2. The lowest BCUT2D eigenvalue weighted by atomic mass is 9.88. The second-order valence-corrected chi connectivity index (χ2v) is 13.9. The smallest absolute Gasteiger partial charge is 0.197 e. The van der Waals surface area contributed by atoms with E-state index in [-0.39, 0.29) is 30.9 Å². The molecule has 3 fully saturated rings. The predicted octanol–water partition coefficient (Wildman–Crippen LogP) is 8.17. The molecule has 0 N–H and O–H groups in total. The Balaban J connectivity index is 0.755. The zero-order chi connectivity index (χ0) is 34.8. The van der Waals surface area contributed by atoms with E-state index in [4.69, 9.17) is 37.9 Å². The molecular weight excluding hydrogens is 644 g/mol. The highest BCUT2D eigenvalue weighted by atomic mass is 16.7. The molecular formula is C43H50O8. The minimum atomic E-state index is -0.314. The number of rotatable bonds is 19. The summed E-state index contributed by atoms with van der Waals surface area (Å²) in [7, 11) is 0. The summed E-state index contributed by atoms with van der Waals surface area (Å²) in [5, 5.41) is 0. The summed E-state index contributed by atoms with van der Waals surface area (Å²) in [4.78, 5) is 0. The molecule has 270 valence electrons. The van der Waals surface area contributed by atoms with Gasteiger partial charge in [-0.05, 0) is 129 Å². The van der Waals surface area contributed by atoms with Crippen molar-refractivity contribution >= 4 is 0 Å². The Morgan fingerprint density at radius 2 is 0.902 bits per heavy atom. The van der Waals surface area contributed by atoms with Gasteiger partial charge in [0, 0.05) is 0 Å². The second-order valence-electron chi connectivity index (χ2n) is 13.9. The van der Waals surface area contributed by atoms with Gasteiger partial charge in [0.2, 0.25) is 0 Å². The molecule has 51 heavy (non-hydrogen) atoms. The van der Waals surface area contributed by atoms with E-state index in [9.17, 15) is 0 Å². The van der Waals surface area contributed by atoms with Crippen LogP contribution >= 0.6 is 0 Å². The molecule has 0 radical (unpaired) electrons. The van der Waals surface area contributed by atoms with Gasteiger partial charge in [-0.2, -0.15) is 0 Å². The zero-order valence-corrected chi connectivity index (χ0v) is 29.7. The van der Waals surface area contributed by atoms with Crippen molar-refractivity contribution < 1.29 is 37.9 Å². The summed E-state index contributed by atoms with van der Waals surface area (Å²) >= 11 is 0. The van der Waals surface area contributed by atoms with Gasteiger partial charge in [0.05, 0.1) is 25.9 Å². The summed E-state index contributed by atoms with van der Waals surface area (Å²) < 4.78 is 46.5. The molecule has 1 saturated carbocycles. The maximum atomic E-state index is 6.28. The monoisotopic (exact) mass is 694 g/mol. The van der Waals surface area contributed by atoms with Crippen LogP contribution < -0.4 is 18.9 Å². The maximum Gasteiger partial charge on any atom is 0.197 e. The van der Waals surface area contributed by atoms with Crippen molar-refractivity contribution in [1.82, 2.24) is 0 Å². The first-order chi connectivity index (χ1) is 25.0. The van der Waals surface area contributed by atoms with Crippen molar-refractivity contribution in [2.45, 2.75) is 83.3 Å². The lowest BCUT2D eigenvalue weighted by Gasteiger charge is -2.31. The predicted molar refractivity (Wildman–Crippen MR) is 195 cm³/mol. The van der Waals surface area contributed by atoms with Crippen LogP contribution in [0.15, 0.2) is 97.1 Å². The van der Waals surface area contributed by atoms with Gasteiger partial charge in [-0.3, -0.25) is 0 Å². The van der Waals surface area contributed by atoms with Crippen molar-refractivity contribution in [2.24, 2.45) is 5.92 Å². The van der Waals surface area contributed by atoms with E-state index >= 15 is 0 Å². The van der Waals surface area contributed by atoms with Crippen LogP contribution in [0.3, 0.4) is 0 Å². The summed E-state index contributed by atoms with van der Waals surface area (Å²) in [5.74, 6) is 3.90. The van der Waals surface area contributed by atoms with Crippen LogP contribution in [-0.2, 0) is 31.8 Å². The van der Waals surface area contributed by atoms with Gasteiger partial charge in [-0.1, -0.05) is 48.5 Å². The van der Waals surface area contributed by atoms with Crippen molar-refractivity contribution in [2.75, 3.05) is 33.0 Å². The van der Waals surface area contributed by atoms with Gasteiger partial charge in [-0.15, -0.1) is 0 Å². The van der Waals surface area contributed by atoms with Crippen LogP contribution in [0, 0.1) is 5.92 Å². The molecule has 8 nitrogen and oxygen atoms in total. The molecule has 2 aliphatic heterocycles. The Morgan fingerprint density at radius 3 is 1.31 bits per heavy atom. The normalized spacial score (nSPS) is 22.1. The van der Waals surface area contributed by atoms with Crippen molar-refractivity contribution in [3.05, 3.63) is 119 Å². The standard InChI is InChI=1S/C43H50O8/c1-30(49-39-17-7-34(8-18-39)23-32-3-13-37(14-4-32)45-26-42-28-47-42)44-25-36-11-21-41(22-12-36)51-31(2)50-40-19-9-35(10-20-40)24-33-5-15-38(16-6-33)46-27-43-29-48-43/h3-10,13-20,30-31,36,41-43H,11-12,21-29H2,1-2H3. The van der Waals surface area contributed by atoms with Crippen LogP contribution in [0.4, 0.5) is 0 Å². The van der Waals surface area contributed by atoms with Gasteiger partial charge in [0.15, 0.2) is 12.6 Å². The van der Waals surface area contributed by atoms with Gasteiger partial charge in [-0.25, -0.2) is 0 Å². The van der Waals surface area contributed by atoms with E-state index in [0.29, 0.717) is 25.7 Å². The molecule has 0 aromatic heterocycles. The number of hydrogen-bond acceptors (Lipinski definition) is 8. The topological polar surface area (TPSA) is 80.4 Å². The molecule has 1 aliphatic carbocycles. The molecule has 8 heteroatoms. The van der Waals surface area contributed by atoms with Gasteiger partial charge in [0.1, 0.15) is 48.4 Å². The number of benzene rings is 4. The van der Waals surface area contributed by atoms with Crippen molar-refractivity contribution in [3.8, 4) is 23.0 Å². The fourth-order valence-electron chi connectivity index (χ4n) is 6.38. The van der Waals surface area contributed by atoms with Gasteiger partial charge in [0.25, 0.3) is 0 Å². The second kappa shape index (κ2) is 17.4. The molecule has 2 saturated heterocycles. The Kier molecular flexibility index (Phi) is 12.1. The Morgan fingerprint density at radius 1 is 0.510 bits per heavy atom. The molecule has 3 aliphatic rings. The third-order valence-electron chi connectivity index (χ3n) is 9.54. The quantitative estimate of drug-likeness (QED) is 0.0719. The molecule has 0 spiro atoms. The molecule has 4 aromatic rings. The minimum absolute atomic E-state index is 0.195. The fourth-order valence-corrected chi connectivity index (χ4v) is 6.38. The van der Waals surface area contributed by atoms with Crippen LogP contribution in [-0.4, -0.2) is 63.9 Å². The largest absolute Gasteiger partial charge is 0.491 e. The summed E-state index contributed by atoms with van der Waals surface area (Å²) in [5.41, 5.74) is 4.94. The first-order valence-corrected chi connectivity index (χ1v) is 18.4. The Hall–Kier alpha value is -4.08. The lowest BCUT2D eigenvalue weighted by molar-refractivity contribution is -0.127. The summed E-state index contributed by atoms with van der Waals surface area (Å²) in [6.07, 6.45) is 5.95. The highest BCUT2D eigenvalue weighted by molar-refractivity contribution is 5.35. The van der Waals surface area contributed by atoms with Gasteiger partial charge >= 0.3 is 0 Å². The van der Waals surface area contributed by atoms with E-state index < -0.39 is 0 Å². The minimum Gasteiger partial charge on any atom is -0.491 e. The highest BCUT2D eigenvalue weighted by Gasteiger charge is 2.25. The van der Waals surface area contributed by atoms with E-state index in [1.807, 2.05) is 62.4 Å². The van der Waals surface area contributed by atoms with E-state index in [0.717, 1.165) is 74.7 Å². The van der Waals surface area contributed by atoms with Crippen LogP contribution in [0.2, 0.25) is 0 Å². The SMILES string of the molecule is CC(OCC1CCC(OC(C)Oc2ccc(Cc3ccc(OCC4CO4)cc3)cc2)CC1)Oc1ccc(Cc2ccc(OCC3CO3)cc2)cc1. The van der Waals surface area contributed by atoms with Crippen molar-refractivity contribution in [1.29, 1.82) is 0 Å². The summed E-state index contributed by atoms with van der Waals surface area (Å²) in [6, 6.07) is 33.1. The average molecular weight is 695 g/mol.